The van der Waals surface area contributed by atoms with Crippen LogP contribution in [0.3, 0.4) is 0 Å². The average Bonchev–Trinajstić information content (AvgIpc) is 3.24. The van der Waals surface area contributed by atoms with Crippen LogP contribution in [0.15, 0.2) is 42.9 Å². The number of hydrogen-bond donors (Lipinski definition) is 0. The van der Waals surface area contributed by atoms with Crippen LogP contribution in [0.1, 0.15) is 37.4 Å². The Kier molecular flexibility index (Phi) is 4.75. The highest BCUT2D eigenvalue weighted by Crippen LogP contribution is 2.41. The van der Waals surface area contributed by atoms with Crippen molar-refractivity contribution in [2.24, 2.45) is 0 Å². The van der Waals surface area contributed by atoms with Gasteiger partial charge >= 0.3 is 0 Å². The summed E-state index contributed by atoms with van der Waals surface area (Å²) in [4.78, 5) is 16.5. The van der Waals surface area contributed by atoms with E-state index in [-0.39, 0.29) is 5.60 Å². The van der Waals surface area contributed by atoms with E-state index in [4.69, 9.17) is 9.72 Å². The van der Waals surface area contributed by atoms with Crippen LogP contribution in [0.25, 0.3) is 11.4 Å². The van der Waals surface area contributed by atoms with Crippen LogP contribution in [-0.2, 0) is 23.3 Å². The maximum absolute atomic E-state index is 6.41. The number of hydrogen-bond acceptors (Lipinski definition) is 6. The third-order valence-corrected chi connectivity index (χ3v) is 5.96. The predicted octanol–water partition coefficient (Wildman–Crippen LogP) is 3.21. The second kappa shape index (κ2) is 7.55. The van der Waals surface area contributed by atoms with Crippen LogP contribution in [0, 0.1) is 0 Å². The minimum atomic E-state index is -0.327. The van der Waals surface area contributed by atoms with Crippen molar-refractivity contribution in [2.75, 3.05) is 24.6 Å². The lowest BCUT2D eigenvalue weighted by Crippen LogP contribution is -2.48. The minimum absolute atomic E-state index is 0.327. The Morgan fingerprint density at radius 3 is 2.72 bits per heavy atom. The first-order valence-electron chi connectivity index (χ1n) is 10.5. The van der Waals surface area contributed by atoms with Crippen molar-refractivity contribution >= 4 is 5.95 Å². The van der Waals surface area contributed by atoms with Gasteiger partial charge in [-0.05, 0) is 31.2 Å². The maximum Gasteiger partial charge on any atom is 0.223 e. The second-order valence-corrected chi connectivity index (χ2v) is 7.80. The van der Waals surface area contributed by atoms with Gasteiger partial charge in [-0.2, -0.15) is 10.1 Å². The van der Waals surface area contributed by atoms with Crippen molar-refractivity contribution in [3.63, 3.8) is 0 Å². The van der Waals surface area contributed by atoms with Crippen LogP contribution >= 0.6 is 0 Å². The van der Waals surface area contributed by atoms with Gasteiger partial charge < -0.3 is 9.64 Å². The average molecular weight is 390 g/mol. The molecule has 0 unspecified atom stereocenters. The lowest BCUT2D eigenvalue weighted by atomic mass is 9.83. The summed E-state index contributed by atoms with van der Waals surface area (Å²) in [5.74, 6) is 1.74. The summed E-state index contributed by atoms with van der Waals surface area (Å²) >= 11 is 0. The number of aryl methyl sites for hydroxylation is 1. The Morgan fingerprint density at radius 1 is 1.10 bits per heavy atom. The molecule has 2 aliphatic heterocycles. The minimum Gasteiger partial charge on any atom is -0.368 e. The van der Waals surface area contributed by atoms with E-state index in [0.717, 1.165) is 75.0 Å². The quantitative estimate of drug-likeness (QED) is 0.681. The summed E-state index contributed by atoms with van der Waals surface area (Å²) in [6.07, 6.45) is 7.36. The molecule has 1 fully saturated rings. The Morgan fingerprint density at radius 2 is 1.93 bits per heavy atom. The zero-order chi connectivity index (χ0) is 19.7. The fraction of sp³-hybridized carbons (Fsp3) is 0.455. The van der Waals surface area contributed by atoms with Crippen molar-refractivity contribution in [1.29, 1.82) is 0 Å². The van der Waals surface area contributed by atoms with Crippen molar-refractivity contribution in [1.82, 2.24) is 24.7 Å². The smallest absolute Gasteiger partial charge is 0.223 e. The highest BCUT2D eigenvalue weighted by atomic mass is 16.5. The van der Waals surface area contributed by atoms with E-state index in [1.807, 2.05) is 29.1 Å². The van der Waals surface area contributed by atoms with Gasteiger partial charge in [0.1, 0.15) is 11.9 Å². The lowest BCUT2D eigenvalue weighted by molar-refractivity contribution is -0.0802. The number of ether oxygens (including phenoxy) is 1. The number of fused-ring (bicyclic) bond motifs is 2. The van der Waals surface area contributed by atoms with E-state index in [1.165, 1.54) is 5.56 Å². The standard InChI is InChI=1S/C22H26N6O/c1-2-11-28-21(24-16-25-28)27-12-9-22(10-13-27)19-18(8-14-29-22)15-23-20(26-19)17-6-4-3-5-7-17/h3-7,15-16H,2,8-14H2,1H3. The van der Waals surface area contributed by atoms with Crippen LogP contribution in [-0.4, -0.2) is 44.4 Å². The molecule has 0 aliphatic carbocycles. The fourth-order valence-corrected chi connectivity index (χ4v) is 4.46. The van der Waals surface area contributed by atoms with Crippen LogP contribution in [0.5, 0.6) is 0 Å². The summed E-state index contributed by atoms with van der Waals surface area (Å²) in [5, 5.41) is 4.38. The SMILES string of the molecule is CCCn1ncnc1N1CCC2(CC1)OCCc1cnc(-c3ccccc3)nc12. The summed E-state index contributed by atoms with van der Waals surface area (Å²) in [5.41, 5.74) is 3.01. The molecule has 0 atom stereocenters. The molecule has 3 aromatic rings. The van der Waals surface area contributed by atoms with E-state index < -0.39 is 0 Å². The Hall–Kier alpha value is -2.80. The van der Waals surface area contributed by atoms with Crippen molar-refractivity contribution in [3.8, 4) is 11.4 Å². The van der Waals surface area contributed by atoms with Gasteiger partial charge in [-0.1, -0.05) is 37.3 Å². The van der Waals surface area contributed by atoms with Crippen molar-refractivity contribution < 1.29 is 4.74 Å². The first-order chi connectivity index (χ1) is 14.3. The number of aromatic nitrogens is 5. The van der Waals surface area contributed by atoms with Gasteiger partial charge in [0.05, 0.1) is 12.3 Å². The molecule has 0 radical (unpaired) electrons. The monoisotopic (exact) mass is 390 g/mol. The van der Waals surface area contributed by atoms with Crippen molar-refractivity contribution in [2.45, 2.75) is 44.8 Å². The van der Waals surface area contributed by atoms with E-state index >= 15 is 0 Å². The Bertz CT molecular complexity index is 978. The Labute approximate surface area is 170 Å². The summed E-state index contributed by atoms with van der Waals surface area (Å²) in [6.45, 7) is 5.55. The third kappa shape index (κ3) is 3.29. The summed E-state index contributed by atoms with van der Waals surface area (Å²) in [7, 11) is 0. The molecule has 0 amide bonds. The third-order valence-electron chi connectivity index (χ3n) is 5.96. The number of piperidine rings is 1. The molecule has 4 heterocycles. The van der Waals surface area contributed by atoms with Gasteiger partial charge in [0.15, 0.2) is 5.82 Å². The van der Waals surface area contributed by atoms with Gasteiger partial charge in [0.2, 0.25) is 5.95 Å². The van der Waals surface area contributed by atoms with E-state index in [9.17, 15) is 0 Å². The number of benzene rings is 1. The second-order valence-electron chi connectivity index (χ2n) is 7.80. The molecular formula is C22H26N6O. The normalized spacial score (nSPS) is 18.0. The maximum atomic E-state index is 6.41. The molecule has 0 saturated carbocycles. The van der Waals surface area contributed by atoms with Gasteiger partial charge in [-0.15, -0.1) is 0 Å². The largest absolute Gasteiger partial charge is 0.368 e. The number of rotatable bonds is 4. The molecule has 150 valence electrons. The zero-order valence-electron chi connectivity index (χ0n) is 16.8. The molecule has 5 rings (SSSR count). The van der Waals surface area contributed by atoms with E-state index in [0.29, 0.717) is 0 Å². The van der Waals surface area contributed by atoms with Gasteiger partial charge in [0, 0.05) is 31.4 Å². The van der Waals surface area contributed by atoms with E-state index in [1.54, 1.807) is 6.33 Å². The predicted molar refractivity (Wildman–Crippen MR) is 111 cm³/mol. The highest BCUT2D eigenvalue weighted by molar-refractivity contribution is 5.55. The molecule has 1 spiro atoms. The van der Waals surface area contributed by atoms with Crippen LogP contribution in [0.4, 0.5) is 5.95 Å². The van der Waals surface area contributed by atoms with Crippen molar-refractivity contribution in [3.05, 3.63) is 54.1 Å². The molecule has 2 aliphatic rings. The Balaban J connectivity index is 1.42. The summed E-state index contributed by atoms with van der Waals surface area (Å²) in [6, 6.07) is 10.2. The molecule has 29 heavy (non-hydrogen) atoms. The molecule has 0 bridgehead atoms. The zero-order valence-corrected chi connectivity index (χ0v) is 16.8. The van der Waals surface area contributed by atoms with Gasteiger partial charge in [0.25, 0.3) is 0 Å². The molecule has 2 aromatic heterocycles. The van der Waals surface area contributed by atoms with Crippen LogP contribution < -0.4 is 4.90 Å². The lowest BCUT2D eigenvalue weighted by Gasteiger charge is -2.44. The first kappa shape index (κ1) is 18.2. The molecule has 7 nitrogen and oxygen atoms in total. The molecule has 1 aromatic carbocycles. The number of nitrogens with zero attached hydrogens (tertiary/aromatic N) is 6. The molecule has 1 saturated heterocycles. The van der Waals surface area contributed by atoms with Gasteiger partial charge in [-0.3, -0.25) is 0 Å². The van der Waals surface area contributed by atoms with E-state index in [2.05, 4.69) is 39.0 Å². The topological polar surface area (TPSA) is 69.0 Å². The summed E-state index contributed by atoms with van der Waals surface area (Å²) < 4.78 is 8.41. The van der Waals surface area contributed by atoms with Crippen LogP contribution in [0.2, 0.25) is 0 Å². The molecule has 0 N–H and O–H groups in total. The first-order valence-corrected chi connectivity index (χ1v) is 10.5. The molecular weight excluding hydrogens is 364 g/mol. The van der Waals surface area contributed by atoms with Gasteiger partial charge in [-0.25, -0.2) is 14.6 Å². The molecule has 7 heteroatoms. The number of anilines is 1. The highest BCUT2D eigenvalue weighted by Gasteiger charge is 2.43. The fourth-order valence-electron chi connectivity index (χ4n) is 4.46.